The second-order valence-electron chi connectivity index (χ2n) is 15.1. The van der Waals surface area contributed by atoms with Crippen molar-refractivity contribution in [2.45, 2.75) is 82.4 Å². The maximum atomic E-state index is 14.0. The van der Waals surface area contributed by atoms with Gasteiger partial charge in [-0.05, 0) is 59.7 Å². The summed E-state index contributed by atoms with van der Waals surface area (Å²) >= 11 is 0. The second-order valence-corrected chi connectivity index (χ2v) is 15.1. The van der Waals surface area contributed by atoms with Crippen LogP contribution in [0.15, 0.2) is 146 Å². The molecule has 0 spiro atoms. The molecule has 2 aliphatic rings. The number of carbonyl (C=O) groups is 4. The van der Waals surface area contributed by atoms with Crippen molar-refractivity contribution in [3.05, 3.63) is 168 Å². The van der Waals surface area contributed by atoms with Gasteiger partial charge in [-0.15, -0.1) is 0 Å². The van der Waals surface area contributed by atoms with Gasteiger partial charge >= 0.3 is 23.9 Å². The molecule has 2 heterocycles. The third-order valence-corrected chi connectivity index (χ3v) is 10.4. The normalized spacial score (nSPS) is 23.9. The fourth-order valence-electron chi connectivity index (χ4n) is 7.32. The zero-order valence-corrected chi connectivity index (χ0v) is 36.0. The van der Waals surface area contributed by atoms with Crippen LogP contribution < -0.4 is 9.47 Å². The van der Waals surface area contributed by atoms with Gasteiger partial charge in [0.1, 0.15) is 29.8 Å². The van der Waals surface area contributed by atoms with Gasteiger partial charge in [0.15, 0.2) is 24.6 Å². The number of esters is 4. The molecule has 15 nitrogen and oxygen atoms in total. The van der Waals surface area contributed by atoms with E-state index in [0.29, 0.717) is 11.5 Å². The molecular weight excluding hydrogens is 841 g/mol. The second kappa shape index (κ2) is 22.8. The Balaban J connectivity index is 1.26. The van der Waals surface area contributed by atoms with Crippen molar-refractivity contribution >= 4 is 23.9 Å². The molecule has 0 aliphatic carbocycles. The third kappa shape index (κ3) is 12.8. The average molecular weight is 891 g/mol. The van der Waals surface area contributed by atoms with Crippen LogP contribution in [0, 0.1) is 0 Å². The molecule has 0 unspecified atom stereocenters. The molecule has 340 valence electrons. The molecule has 0 saturated carbocycles. The lowest BCUT2D eigenvalue weighted by Crippen LogP contribution is -2.65. The Kier molecular flexibility index (Phi) is 16.3. The Morgan fingerprint density at radius 1 is 0.538 bits per heavy atom. The molecule has 9 atom stereocenters. The van der Waals surface area contributed by atoms with Gasteiger partial charge in [-0.3, -0.25) is 9.59 Å². The lowest BCUT2D eigenvalue weighted by Gasteiger charge is -2.47. The van der Waals surface area contributed by atoms with Crippen molar-refractivity contribution < 1.29 is 71.3 Å². The molecule has 0 amide bonds. The quantitative estimate of drug-likeness (QED) is 0.0676. The summed E-state index contributed by atoms with van der Waals surface area (Å²) in [5.41, 5.74) is 2.04. The van der Waals surface area contributed by atoms with Crippen molar-refractivity contribution in [2.75, 3.05) is 20.3 Å². The van der Waals surface area contributed by atoms with Gasteiger partial charge in [0.2, 0.25) is 12.4 Å². The average Bonchev–Trinajstić information content (AvgIpc) is 3.32. The maximum Gasteiger partial charge on any atom is 0.338 e. The van der Waals surface area contributed by atoms with E-state index in [1.807, 2.05) is 60.7 Å². The first-order valence-electron chi connectivity index (χ1n) is 21.0. The highest BCUT2D eigenvalue weighted by Gasteiger charge is 2.55. The number of methoxy groups -OCH3 is 1. The fraction of sp³-hybridized carbons (Fsp3) is 0.320. The molecule has 5 aromatic rings. The highest BCUT2D eigenvalue weighted by atomic mass is 16.8. The topological polar surface area (TPSA) is 170 Å². The predicted molar refractivity (Wildman–Crippen MR) is 230 cm³/mol. The first-order valence-corrected chi connectivity index (χ1v) is 21.0. The standard InChI is InChI=1S/C50H50O15/c1-32(51)59-42-40(30-56-28-34-16-8-4-9-17-34)62-50(46(60-33(2)52)44(42)57-29-35-18-10-5-11-19-35)63-41-31-58-49(61-39-26-24-38(55-3)25-27-39)45(65-48(54)37-22-14-7-15-23-37)43(41)64-47(53)36-20-12-6-13-21-36/h4-27,40-46,49-50H,28-31H2,1-3H3/t40-,41-,42-,43+,44+,45-,46+,49-,50-/m1/s1. The minimum Gasteiger partial charge on any atom is -0.497 e. The van der Waals surface area contributed by atoms with Crippen LogP contribution in [0.5, 0.6) is 11.5 Å². The molecular formula is C50H50O15. The number of benzene rings is 5. The molecule has 0 radical (unpaired) electrons. The van der Waals surface area contributed by atoms with E-state index < -0.39 is 79.2 Å². The Hall–Kier alpha value is -6.62. The van der Waals surface area contributed by atoms with Gasteiger partial charge < -0.3 is 52.1 Å². The van der Waals surface area contributed by atoms with Crippen LogP contribution in [0.1, 0.15) is 45.7 Å². The number of ether oxygens (including phenoxy) is 11. The number of rotatable bonds is 18. The molecule has 5 aromatic carbocycles. The predicted octanol–water partition coefficient (Wildman–Crippen LogP) is 6.66. The van der Waals surface area contributed by atoms with Crippen LogP contribution >= 0.6 is 0 Å². The minimum absolute atomic E-state index is 0.0110. The monoisotopic (exact) mass is 890 g/mol. The molecule has 65 heavy (non-hydrogen) atoms. The highest BCUT2D eigenvalue weighted by Crippen LogP contribution is 2.35. The molecule has 2 fully saturated rings. The highest BCUT2D eigenvalue weighted by molar-refractivity contribution is 5.90. The van der Waals surface area contributed by atoms with Crippen molar-refractivity contribution in [1.82, 2.24) is 0 Å². The lowest BCUT2D eigenvalue weighted by atomic mass is 9.97. The van der Waals surface area contributed by atoms with Crippen molar-refractivity contribution in [1.29, 1.82) is 0 Å². The Morgan fingerprint density at radius 3 is 1.58 bits per heavy atom. The molecule has 0 N–H and O–H groups in total. The van der Waals surface area contributed by atoms with Gasteiger partial charge in [0.25, 0.3) is 0 Å². The van der Waals surface area contributed by atoms with E-state index in [1.54, 1.807) is 84.9 Å². The van der Waals surface area contributed by atoms with Gasteiger partial charge in [0, 0.05) is 13.8 Å². The van der Waals surface area contributed by atoms with Crippen LogP contribution in [-0.4, -0.2) is 99.5 Å². The maximum absolute atomic E-state index is 14.0. The summed E-state index contributed by atoms with van der Waals surface area (Å²) in [5, 5.41) is 0. The van der Waals surface area contributed by atoms with Gasteiger partial charge in [-0.25, -0.2) is 9.59 Å². The largest absolute Gasteiger partial charge is 0.497 e. The first-order chi connectivity index (χ1) is 31.6. The van der Waals surface area contributed by atoms with E-state index in [4.69, 9.17) is 52.1 Å². The molecule has 2 saturated heterocycles. The summed E-state index contributed by atoms with van der Waals surface area (Å²) in [6, 6.07) is 41.8. The SMILES string of the molecule is COc1ccc(O[C@H]2OC[C@@H](O[C@H]3O[C@H](COCc4ccccc4)[C@@H](OC(C)=O)[C@H](OCc4ccccc4)[C@@H]3OC(C)=O)[C@H](OC(=O)c3ccccc3)[C@H]2OC(=O)c2ccccc2)cc1. The molecule has 15 heteroatoms. The van der Waals surface area contributed by atoms with E-state index >= 15 is 0 Å². The summed E-state index contributed by atoms with van der Waals surface area (Å²) in [6.45, 7) is 2.18. The van der Waals surface area contributed by atoms with Crippen molar-refractivity contribution in [2.24, 2.45) is 0 Å². The Morgan fingerprint density at radius 2 is 1.03 bits per heavy atom. The van der Waals surface area contributed by atoms with E-state index in [1.165, 1.54) is 21.0 Å². The summed E-state index contributed by atoms with van der Waals surface area (Å²) < 4.78 is 68.0. The van der Waals surface area contributed by atoms with Gasteiger partial charge in [0.05, 0.1) is 44.7 Å². The van der Waals surface area contributed by atoms with Crippen LogP contribution in [0.2, 0.25) is 0 Å². The van der Waals surface area contributed by atoms with Crippen molar-refractivity contribution in [3.8, 4) is 11.5 Å². The minimum atomic E-state index is -1.51. The smallest absolute Gasteiger partial charge is 0.338 e. The Bertz CT molecular complexity index is 2280. The lowest BCUT2D eigenvalue weighted by molar-refractivity contribution is -0.344. The zero-order chi connectivity index (χ0) is 45.5. The van der Waals surface area contributed by atoms with Crippen molar-refractivity contribution in [3.63, 3.8) is 0 Å². The fourth-order valence-corrected chi connectivity index (χ4v) is 7.32. The number of hydrogen-bond donors (Lipinski definition) is 0. The number of hydrogen-bond acceptors (Lipinski definition) is 15. The van der Waals surface area contributed by atoms with E-state index in [2.05, 4.69) is 0 Å². The summed E-state index contributed by atoms with van der Waals surface area (Å²) in [5.74, 6) is -2.04. The summed E-state index contributed by atoms with van der Waals surface area (Å²) in [6.07, 6.45) is -11.9. The molecule has 0 aromatic heterocycles. The Labute approximate surface area is 376 Å². The van der Waals surface area contributed by atoms with Crippen LogP contribution in [0.4, 0.5) is 0 Å². The first kappa shape index (κ1) is 46.4. The van der Waals surface area contributed by atoms with E-state index in [-0.39, 0.29) is 37.6 Å². The van der Waals surface area contributed by atoms with Gasteiger partial charge in [-0.2, -0.15) is 0 Å². The third-order valence-electron chi connectivity index (χ3n) is 10.4. The zero-order valence-electron chi connectivity index (χ0n) is 36.0. The molecule has 7 rings (SSSR count). The number of carbonyl (C=O) groups excluding carboxylic acids is 4. The molecule has 0 bridgehead atoms. The van der Waals surface area contributed by atoms with Crippen LogP contribution in [0.25, 0.3) is 0 Å². The van der Waals surface area contributed by atoms with Crippen LogP contribution in [0.3, 0.4) is 0 Å². The van der Waals surface area contributed by atoms with Crippen LogP contribution in [-0.2, 0) is 65.4 Å². The molecule has 2 aliphatic heterocycles. The van der Waals surface area contributed by atoms with Gasteiger partial charge in [-0.1, -0.05) is 97.1 Å². The van der Waals surface area contributed by atoms with E-state index in [9.17, 15) is 19.2 Å². The summed E-state index contributed by atoms with van der Waals surface area (Å²) in [4.78, 5) is 53.6. The summed E-state index contributed by atoms with van der Waals surface area (Å²) in [7, 11) is 1.53. The van der Waals surface area contributed by atoms with E-state index in [0.717, 1.165) is 11.1 Å².